The molecular weight excluding hydrogens is 120 g/mol. The molecule has 0 heteroatoms. The van der Waals surface area contributed by atoms with E-state index in [0.717, 1.165) is 6.42 Å². The van der Waals surface area contributed by atoms with E-state index in [0.29, 0.717) is 12.8 Å². The molecule has 0 heterocycles. The van der Waals surface area contributed by atoms with Gasteiger partial charge in [-0.1, -0.05) is 44.2 Å². The quantitative estimate of drug-likeness (QED) is 0.585. The summed E-state index contributed by atoms with van der Waals surface area (Å²) in [5.41, 5.74) is 1.34. The van der Waals surface area contributed by atoms with Crippen LogP contribution in [0, 0.1) is 5.92 Å². The minimum Gasteiger partial charge on any atom is -0.0625 e. The molecule has 0 aliphatic heterocycles. The standard InChI is InChI=1S/C10H14/c1-9(2)8-10-6-4-3-5-7-10/h3-7,9H,8H2,1-2H3/i1D. The molecule has 0 N–H and O–H groups in total. The van der Waals surface area contributed by atoms with Gasteiger partial charge in [-0.05, 0) is 17.9 Å². The predicted octanol–water partition coefficient (Wildman–Crippen LogP) is 2.89. The molecule has 54 valence electrons. The van der Waals surface area contributed by atoms with Gasteiger partial charge in [0.05, 0.1) is 0 Å². The first-order valence-corrected chi connectivity index (χ1v) is 3.66. The summed E-state index contributed by atoms with van der Waals surface area (Å²) >= 11 is 0. The second kappa shape index (κ2) is 3.40. The number of hydrogen-bond acceptors (Lipinski definition) is 0. The number of benzene rings is 1. The Kier molecular flexibility index (Phi) is 2.03. The molecule has 0 aromatic heterocycles. The highest BCUT2D eigenvalue weighted by Gasteiger charge is 1.94. The molecule has 0 aliphatic carbocycles. The Labute approximate surface area is 64.3 Å². The number of rotatable bonds is 2. The maximum Gasteiger partial charge on any atom is 0.0233 e. The Morgan fingerprint density at radius 3 is 2.70 bits per heavy atom. The SMILES string of the molecule is [2H]CC(C)Cc1ccccc1. The van der Waals surface area contributed by atoms with Crippen molar-refractivity contribution in [1.82, 2.24) is 0 Å². The first kappa shape index (κ1) is 5.96. The van der Waals surface area contributed by atoms with Crippen molar-refractivity contribution in [1.29, 1.82) is 0 Å². The summed E-state index contributed by atoms with van der Waals surface area (Å²) in [5.74, 6) is 0.484. The van der Waals surface area contributed by atoms with Crippen molar-refractivity contribution in [3.05, 3.63) is 35.9 Å². The zero-order valence-electron chi connectivity index (χ0n) is 7.38. The Hall–Kier alpha value is -0.780. The summed E-state index contributed by atoms with van der Waals surface area (Å²) in [6.07, 6.45) is 1.03. The monoisotopic (exact) mass is 135 g/mol. The van der Waals surface area contributed by atoms with Crippen molar-refractivity contribution in [2.75, 3.05) is 0 Å². The van der Waals surface area contributed by atoms with Crippen molar-refractivity contribution in [2.24, 2.45) is 5.92 Å². The second-order valence-corrected chi connectivity index (χ2v) is 2.79. The third kappa shape index (κ3) is 2.22. The molecule has 10 heavy (non-hydrogen) atoms. The van der Waals surface area contributed by atoms with Gasteiger partial charge in [-0.2, -0.15) is 0 Å². The maximum absolute atomic E-state index is 7.16. The minimum absolute atomic E-state index is 0.484. The van der Waals surface area contributed by atoms with Gasteiger partial charge in [0.1, 0.15) is 0 Å². The molecule has 1 unspecified atom stereocenters. The first-order chi connectivity index (χ1) is 5.33. The molecule has 0 amide bonds. The van der Waals surface area contributed by atoms with Gasteiger partial charge in [0, 0.05) is 1.37 Å². The lowest BCUT2D eigenvalue weighted by Gasteiger charge is -2.02. The summed E-state index contributed by atoms with van der Waals surface area (Å²) in [7, 11) is 0. The summed E-state index contributed by atoms with van der Waals surface area (Å²) < 4.78 is 7.16. The van der Waals surface area contributed by atoms with E-state index in [9.17, 15) is 0 Å². The van der Waals surface area contributed by atoms with Gasteiger partial charge < -0.3 is 0 Å². The van der Waals surface area contributed by atoms with Crippen LogP contribution in [0.4, 0.5) is 0 Å². The normalized spacial score (nSPS) is 14.3. The van der Waals surface area contributed by atoms with Gasteiger partial charge in [-0.3, -0.25) is 0 Å². The minimum atomic E-state index is 0.484. The highest BCUT2D eigenvalue weighted by atomic mass is 14.0. The van der Waals surface area contributed by atoms with E-state index < -0.39 is 0 Å². The Balaban J connectivity index is 2.51. The average Bonchev–Trinajstić information content (AvgIpc) is 2.06. The molecule has 0 nitrogen and oxygen atoms in total. The van der Waals surface area contributed by atoms with Crippen LogP contribution in [0.1, 0.15) is 20.8 Å². The van der Waals surface area contributed by atoms with E-state index in [-0.39, 0.29) is 0 Å². The van der Waals surface area contributed by atoms with Crippen LogP contribution >= 0.6 is 0 Å². The first-order valence-electron chi connectivity index (χ1n) is 4.37. The topological polar surface area (TPSA) is 0 Å². The fourth-order valence-corrected chi connectivity index (χ4v) is 1.02. The predicted molar refractivity (Wildman–Crippen MR) is 45.0 cm³/mol. The molecule has 1 atom stereocenters. The van der Waals surface area contributed by atoms with Gasteiger partial charge in [-0.25, -0.2) is 0 Å². The smallest absolute Gasteiger partial charge is 0.0233 e. The second-order valence-electron chi connectivity index (χ2n) is 2.79. The fourth-order valence-electron chi connectivity index (χ4n) is 1.02. The van der Waals surface area contributed by atoms with Crippen LogP contribution in [-0.4, -0.2) is 0 Å². The zero-order chi connectivity index (χ0) is 8.10. The molecule has 0 radical (unpaired) electrons. The van der Waals surface area contributed by atoms with Gasteiger partial charge in [0.25, 0.3) is 0 Å². The highest BCUT2D eigenvalue weighted by molar-refractivity contribution is 5.14. The molecule has 1 aromatic rings. The molecule has 1 rings (SSSR count). The van der Waals surface area contributed by atoms with Crippen LogP contribution in [0.15, 0.2) is 30.3 Å². The Bertz CT molecular complexity index is 193. The van der Waals surface area contributed by atoms with E-state index in [1.807, 2.05) is 18.2 Å². The lowest BCUT2D eigenvalue weighted by atomic mass is 10.0. The Morgan fingerprint density at radius 1 is 1.40 bits per heavy atom. The van der Waals surface area contributed by atoms with Gasteiger partial charge >= 0.3 is 0 Å². The van der Waals surface area contributed by atoms with Crippen molar-refractivity contribution >= 4 is 0 Å². The highest BCUT2D eigenvalue weighted by Crippen LogP contribution is 2.05. The fraction of sp³-hybridized carbons (Fsp3) is 0.400. The lowest BCUT2D eigenvalue weighted by Crippen LogP contribution is -1.92. The molecule has 0 aliphatic rings. The summed E-state index contributed by atoms with van der Waals surface area (Å²) in [6, 6.07) is 10.4. The van der Waals surface area contributed by atoms with Crippen LogP contribution in [0.3, 0.4) is 0 Å². The third-order valence-corrected chi connectivity index (χ3v) is 1.43. The molecule has 0 saturated heterocycles. The average molecular weight is 135 g/mol. The molecule has 0 spiro atoms. The molecule has 1 aromatic carbocycles. The number of hydrogen-bond donors (Lipinski definition) is 0. The summed E-state index contributed by atoms with van der Waals surface area (Å²) in [6.45, 7) is 2.63. The van der Waals surface area contributed by atoms with Gasteiger partial charge in [0.15, 0.2) is 0 Å². The van der Waals surface area contributed by atoms with E-state index in [1.165, 1.54) is 5.56 Å². The van der Waals surface area contributed by atoms with Crippen molar-refractivity contribution in [2.45, 2.75) is 20.2 Å². The van der Waals surface area contributed by atoms with Crippen LogP contribution in [0.25, 0.3) is 0 Å². The zero-order valence-corrected chi connectivity index (χ0v) is 6.38. The molecule has 0 bridgehead atoms. The van der Waals surface area contributed by atoms with Crippen LogP contribution in [0.2, 0.25) is 0 Å². The van der Waals surface area contributed by atoms with Crippen molar-refractivity contribution < 1.29 is 1.37 Å². The Morgan fingerprint density at radius 2 is 2.10 bits per heavy atom. The molecular formula is C10H14. The molecule has 0 fully saturated rings. The van der Waals surface area contributed by atoms with E-state index in [1.54, 1.807) is 0 Å². The van der Waals surface area contributed by atoms with Crippen molar-refractivity contribution in [3.63, 3.8) is 0 Å². The van der Waals surface area contributed by atoms with E-state index in [2.05, 4.69) is 19.1 Å². The van der Waals surface area contributed by atoms with E-state index in [4.69, 9.17) is 1.37 Å². The third-order valence-electron chi connectivity index (χ3n) is 1.43. The van der Waals surface area contributed by atoms with Crippen LogP contribution in [-0.2, 0) is 6.42 Å². The van der Waals surface area contributed by atoms with Gasteiger partial charge in [0.2, 0.25) is 0 Å². The largest absolute Gasteiger partial charge is 0.0625 e. The maximum atomic E-state index is 7.16. The summed E-state index contributed by atoms with van der Waals surface area (Å²) in [4.78, 5) is 0. The lowest BCUT2D eigenvalue weighted by molar-refractivity contribution is 0.647. The van der Waals surface area contributed by atoms with E-state index >= 15 is 0 Å². The summed E-state index contributed by atoms with van der Waals surface area (Å²) in [5, 5.41) is 0. The van der Waals surface area contributed by atoms with Crippen LogP contribution < -0.4 is 0 Å². The van der Waals surface area contributed by atoms with Gasteiger partial charge in [-0.15, -0.1) is 0 Å². The molecule has 0 saturated carbocycles. The van der Waals surface area contributed by atoms with Crippen LogP contribution in [0.5, 0.6) is 0 Å². The van der Waals surface area contributed by atoms with Crippen molar-refractivity contribution in [3.8, 4) is 0 Å².